The Morgan fingerprint density at radius 2 is 2.00 bits per heavy atom. The van der Waals surface area contributed by atoms with Crippen LogP contribution < -0.4 is 5.32 Å². The topological polar surface area (TPSA) is 93.3 Å². The molecule has 2 aromatic heterocycles. The molecule has 1 fully saturated rings. The van der Waals surface area contributed by atoms with Crippen molar-refractivity contribution in [1.29, 1.82) is 0 Å². The van der Waals surface area contributed by atoms with Gasteiger partial charge in [-0.15, -0.1) is 0 Å². The van der Waals surface area contributed by atoms with Crippen LogP contribution in [0, 0.1) is 6.92 Å². The van der Waals surface area contributed by atoms with E-state index in [2.05, 4.69) is 15.4 Å². The third kappa shape index (κ3) is 3.83. The molecule has 3 aromatic rings. The molecule has 0 aliphatic carbocycles. The van der Waals surface area contributed by atoms with E-state index in [9.17, 15) is 14.0 Å². The van der Waals surface area contributed by atoms with Gasteiger partial charge in [0.2, 0.25) is 5.89 Å². The van der Waals surface area contributed by atoms with Gasteiger partial charge in [-0.05, 0) is 19.1 Å². The predicted molar refractivity (Wildman–Crippen MR) is 107 cm³/mol. The minimum atomic E-state index is -1.01. The quantitative estimate of drug-likeness (QED) is 0.671. The molecular formula is C21H22FN5O3. The van der Waals surface area contributed by atoms with Gasteiger partial charge in [0.05, 0.1) is 30.5 Å². The van der Waals surface area contributed by atoms with Crippen LogP contribution >= 0.6 is 0 Å². The highest BCUT2D eigenvalue weighted by Crippen LogP contribution is 2.22. The lowest BCUT2D eigenvalue weighted by Crippen LogP contribution is -2.51. The zero-order valence-electron chi connectivity index (χ0n) is 16.8. The number of hydrogen-bond acceptors (Lipinski definition) is 5. The van der Waals surface area contributed by atoms with E-state index in [1.54, 1.807) is 7.05 Å². The largest absolute Gasteiger partial charge is 0.441 e. The number of aromatic nitrogens is 3. The van der Waals surface area contributed by atoms with E-state index in [-0.39, 0.29) is 30.3 Å². The van der Waals surface area contributed by atoms with Crippen molar-refractivity contribution in [3.05, 3.63) is 59.2 Å². The number of aryl methyl sites for hydroxylation is 2. The number of rotatable bonds is 6. The summed E-state index contributed by atoms with van der Waals surface area (Å²) in [6.45, 7) is 2.24. The molecule has 1 N–H and O–H groups in total. The summed E-state index contributed by atoms with van der Waals surface area (Å²) in [6, 6.07) is 9.58. The lowest BCUT2D eigenvalue weighted by Gasteiger charge is -2.34. The third-order valence-electron chi connectivity index (χ3n) is 5.07. The van der Waals surface area contributed by atoms with Crippen LogP contribution in [0.5, 0.6) is 0 Å². The highest BCUT2D eigenvalue weighted by molar-refractivity contribution is 6.06. The van der Waals surface area contributed by atoms with E-state index in [0.29, 0.717) is 24.6 Å². The molecule has 1 aliphatic heterocycles. The maximum atomic E-state index is 13.1. The summed E-state index contributed by atoms with van der Waals surface area (Å²) in [5.74, 6) is 0.426. The van der Waals surface area contributed by atoms with Gasteiger partial charge < -0.3 is 14.6 Å². The molecule has 156 valence electrons. The maximum Gasteiger partial charge on any atom is 0.270 e. The zero-order valence-corrected chi connectivity index (χ0v) is 16.8. The first-order valence-electron chi connectivity index (χ1n) is 9.69. The molecule has 0 atom stereocenters. The lowest BCUT2D eigenvalue weighted by molar-refractivity contribution is 0.0398. The predicted octanol–water partition coefficient (Wildman–Crippen LogP) is 2.15. The monoisotopic (exact) mass is 411 g/mol. The van der Waals surface area contributed by atoms with Crippen LogP contribution in [0.25, 0.3) is 11.5 Å². The van der Waals surface area contributed by atoms with Crippen molar-refractivity contribution in [3.63, 3.8) is 0 Å². The van der Waals surface area contributed by atoms with Gasteiger partial charge in [0.25, 0.3) is 11.8 Å². The Bertz CT molecular complexity index is 1070. The maximum absolute atomic E-state index is 13.1. The molecule has 0 saturated carbocycles. The van der Waals surface area contributed by atoms with Gasteiger partial charge in [-0.3, -0.25) is 14.3 Å². The van der Waals surface area contributed by atoms with Crippen molar-refractivity contribution in [3.8, 4) is 11.5 Å². The van der Waals surface area contributed by atoms with Crippen molar-refractivity contribution >= 4 is 11.8 Å². The van der Waals surface area contributed by atoms with Gasteiger partial charge in [-0.1, -0.05) is 18.2 Å². The summed E-state index contributed by atoms with van der Waals surface area (Å²) < 4.78 is 20.2. The number of carbonyl (C=O) groups is 2. The van der Waals surface area contributed by atoms with Crippen molar-refractivity contribution < 1.29 is 18.4 Å². The summed E-state index contributed by atoms with van der Waals surface area (Å²) in [6.07, 6.45) is 0.816. The molecule has 0 spiro atoms. The number of likely N-dealkylation sites (tertiary alicyclic amines) is 1. The van der Waals surface area contributed by atoms with Crippen molar-refractivity contribution in [2.75, 3.05) is 19.6 Å². The number of carbonyl (C=O) groups excluding carboxylic acids is 2. The van der Waals surface area contributed by atoms with Crippen molar-refractivity contribution in [1.82, 2.24) is 25.0 Å². The first-order valence-corrected chi connectivity index (χ1v) is 9.69. The van der Waals surface area contributed by atoms with E-state index < -0.39 is 12.1 Å². The fraction of sp³-hybridized carbons (Fsp3) is 0.333. The van der Waals surface area contributed by atoms with E-state index in [1.165, 1.54) is 15.8 Å². The molecule has 1 aromatic carbocycles. The highest BCUT2D eigenvalue weighted by Gasteiger charge is 2.34. The van der Waals surface area contributed by atoms with Crippen LogP contribution in [0.15, 0.2) is 40.9 Å². The summed E-state index contributed by atoms with van der Waals surface area (Å²) in [4.78, 5) is 31.1. The van der Waals surface area contributed by atoms with Gasteiger partial charge in [-0.2, -0.15) is 5.10 Å². The van der Waals surface area contributed by atoms with Crippen molar-refractivity contribution in [2.24, 2.45) is 7.05 Å². The summed E-state index contributed by atoms with van der Waals surface area (Å²) in [5.41, 5.74) is 1.97. The van der Waals surface area contributed by atoms with Gasteiger partial charge >= 0.3 is 0 Å². The van der Waals surface area contributed by atoms with Gasteiger partial charge in [0.1, 0.15) is 17.6 Å². The first kappa shape index (κ1) is 19.8. The van der Waals surface area contributed by atoms with E-state index >= 15 is 0 Å². The number of alkyl halides is 1. The number of nitrogens with zero attached hydrogens (tertiary/aromatic N) is 4. The van der Waals surface area contributed by atoms with Gasteiger partial charge in [0, 0.05) is 25.6 Å². The van der Waals surface area contributed by atoms with E-state index in [4.69, 9.17) is 4.42 Å². The van der Waals surface area contributed by atoms with E-state index in [0.717, 1.165) is 11.3 Å². The second kappa shape index (κ2) is 8.10. The minimum absolute atomic E-state index is 0.0456. The summed E-state index contributed by atoms with van der Waals surface area (Å²) >= 11 is 0. The lowest BCUT2D eigenvalue weighted by atomic mass is 10.1. The molecule has 8 nitrogen and oxygen atoms in total. The van der Waals surface area contributed by atoms with Crippen LogP contribution in [0.2, 0.25) is 0 Å². The second-order valence-electron chi connectivity index (χ2n) is 7.23. The normalized spacial score (nSPS) is 13.9. The zero-order chi connectivity index (χ0) is 21.3. The molecule has 3 heterocycles. The average molecular weight is 411 g/mol. The summed E-state index contributed by atoms with van der Waals surface area (Å²) in [5, 5.41) is 6.83. The molecule has 9 heteroatoms. The van der Waals surface area contributed by atoms with Crippen molar-refractivity contribution in [2.45, 2.75) is 19.5 Å². The average Bonchev–Trinajstić information content (AvgIpc) is 3.28. The third-order valence-corrected chi connectivity index (χ3v) is 5.07. The van der Waals surface area contributed by atoms with Crippen LogP contribution in [-0.2, 0) is 13.5 Å². The van der Waals surface area contributed by atoms with Crippen LogP contribution in [0.1, 0.15) is 32.3 Å². The Hall–Kier alpha value is -3.49. The van der Waals surface area contributed by atoms with E-state index in [1.807, 2.05) is 37.3 Å². The molecular weight excluding hydrogens is 389 g/mol. The fourth-order valence-corrected chi connectivity index (χ4v) is 3.37. The van der Waals surface area contributed by atoms with Crippen LogP contribution in [-0.4, -0.2) is 57.3 Å². The van der Waals surface area contributed by atoms with Gasteiger partial charge in [0.15, 0.2) is 0 Å². The molecule has 0 radical (unpaired) electrons. The highest BCUT2D eigenvalue weighted by atomic mass is 19.1. The molecule has 0 unspecified atom stereocenters. The second-order valence-corrected chi connectivity index (χ2v) is 7.23. The Labute approximate surface area is 172 Å². The molecule has 1 aliphatic rings. The SMILES string of the molecule is Cc1oc(-c2ccccc2)nc1CCNC(=O)c1c(C(=O)N2CC(F)C2)cnn1C. The summed E-state index contributed by atoms with van der Waals surface area (Å²) in [7, 11) is 1.59. The number of oxazole rings is 1. The minimum Gasteiger partial charge on any atom is -0.441 e. The number of hydrogen-bond donors (Lipinski definition) is 1. The molecule has 1 saturated heterocycles. The Morgan fingerprint density at radius 3 is 2.70 bits per heavy atom. The first-order chi connectivity index (χ1) is 14.4. The number of benzene rings is 1. The fourth-order valence-electron chi connectivity index (χ4n) is 3.37. The van der Waals surface area contributed by atoms with Crippen LogP contribution in [0.4, 0.5) is 4.39 Å². The molecule has 2 amide bonds. The number of amides is 2. The Kier molecular flexibility index (Phi) is 5.35. The Balaban J connectivity index is 1.40. The Morgan fingerprint density at radius 1 is 1.27 bits per heavy atom. The standard InChI is InChI=1S/C21H22FN5O3/c1-13-17(25-20(30-13)14-6-4-3-5-7-14)8-9-23-19(28)18-16(10-24-26(18)2)21(29)27-11-15(22)12-27/h3-7,10,15H,8-9,11-12H2,1-2H3,(H,23,28). The molecule has 30 heavy (non-hydrogen) atoms. The number of halogens is 1. The van der Waals surface area contributed by atoms with Gasteiger partial charge in [-0.25, -0.2) is 9.37 Å². The number of nitrogens with one attached hydrogen (secondary N) is 1. The van der Waals surface area contributed by atoms with Crippen LogP contribution in [0.3, 0.4) is 0 Å². The smallest absolute Gasteiger partial charge is 0.270 e. The molecule has 4 rings (SSSR count). The molecule has 0 bridgehead atoms.